The second-order valence-corrected chi connectivity index (χ2v) is 6.88. The Morgan fingerprint density at radius 1 is 1.22 bits per heavy atom. The summed E-state index contributed by atoms with van der Waals surface area (Å²) in [5, 5.41) is 0. The summed E-state index contributed by atoms with van der Waals surface area (Å²) < 4.78 is 5.96. The Bertz CT molecular complexity index is 294. The molecule has 3 rings (SSSR count). The van der Waals surface area contributed by atoms with E-state index in [1.54, 1.807) is 0 Å². The van der Waals surface area contributed by atoms with Crippen LogP contribution in [-0.2, 0) is 4.74 Å². The van der Waals surface area contributed by atoms with E-state index in [9.17, 15) is 0 Å². The highest BCUT2D eigenvalue weighted by atomic mass is 16.5. The standard InChI is InChI=1S/C15H28N2O/c1-15(8-4-7-14(15)16)11-17-9-10-18-13-6-3-2-5-12(13)17/h12-14H,2-11,16H2,1H3. The van der Waals surface area contributed by atoms with Gasteiger partial charge in [0, 0.05) is 25.2 Å². The van der Waals surface area contributed by atoms with E-state index in [4.69, 9.17) is 10.5 Å². The number of rotatable bonds is 2. The maximum Gasteiger partial charge on any atom is 0.0730 e. The van der Waals surface area contributed by atoms with Gasteiger partial charge in [-0.3, -0.25) is 4.90 Å². The summed E-state index contributed by atoms with van der Waals surface area (Å²) in [6.07, 6.45) is 9.68. The largest absolute Gasteiger partial charge is 0.375 e. The van der Waals surface area contributed by atoms with Crippen LogP contribution in [0, 0.1) is 5.41 Å². The zero-order valence-electron chi connectivity index (χ0n) is 11.7. The molecule has 1 saturated heterocycles. The van der Waals surface area contributed by atoms with Crippen molar-refractivity contribution in [2.75, 3.05) is 19.7 Å². The fourth-order valence-corrected chi connectivity index (χ4v) is 4.29. The lowest BCUT2D eigenvalue weighted by Gasteiger charge is -2.47. The summed E-state index contributed by atoms with van der Waals surface area (Å²) >= 11 is 0. The third-order valence-corrected chi connectivity index (χ3v) is 5.57. The third-order valence-electron chi connectivity index (χ3n) is 5.57. The Labute approximate surface area is 111 Å². The van der Waals surface area contributed by atoms with Crippen molar-refractivity contribution in [1.82, 2.24) is 4.90 Å². The van der Waals surface area contributed by atoms with Crippen molar-refractivity contribution in [1.29, 1.82) is 0 Å². The van der Waals surface area contributed by atoms with E-state index >= 15 is 0 Å². The highest BCUT2D eigenvalue weighted by Gasteiger charge is 2.42. The van der Waals surface area contributed by atoms with Crippen LogP contribution >= 0.6 is 0 Å². The Morgan fingerprint density at radius 2 is 2.06 bits per heavy atom. The number of hydrogen-bond acceptors (Lipinski definition) is 3. The van der Waals surface area contributed by atoms with Gasteiger partial charge < -0.3 is 10.5 Å². The van der Waals surface area contributed by atoms with Crippen molar-refractivity contribution in [2.45, 2.75) is 70.1 Å². The van der Waals surface area contributed by atoms with Gasteiger partial charge in [0.05, 0.1) is 12.7 Å². The van der Waals surface area contributed by atoms with Gasteiger partial charge in [-0.05, 0) is 31.1 Å². The molecule has 1 heterocycles. The Kier molecular flexibility index (Phi) is 3.65. The van der Waals surface area contributed by atoms with Crippen molar-refractivity contribution >= 4 is 0 Å². The first-order chi connectivity index (χ1) is 8.69. The summed E-state index contributed by atoms with van der Waals surface area (Å²) in [4.78, 5) is 2.71. The molecule has 2 saturated carbocycles. The summed E-state index contributed by atoms with van der Waals surface area (Å²) in [6.45, 7) is 5.63. The molecule has 4 atom stereocenters. The SMILES string of the molecule is CC1(CN2CCOC3CCCCC32)CCCC1N. The molecule has 0 aromatic carbocycles. The molecule has 18 heavy (non-hydrogen) atoms. The molecular formula is C15H28N2O. The topological polar surface area (TPSA) is 38.5 Å². The third kappa shape index (κ3) is 2.33. The normalized spacial score (nSPS) is 46.0. The highest BCUT2D eigenvalue weighted by Crippen LogP contribution is 2.39. The van der Waals surface area contributed by atoms with Gasteiger partial charge in [0.15, 0.2) is 0 Å². The molecule has 3 fully saturated rings. The van der Waals surface area contributed by atoms with Crippen LogP contribution in [-0.4, -0.2) is 42.8 Å². The van der Waals surface area contributed by atoms with Crippen LogP contribution in [0.25, 0.3) is 0 Å². The van der Waals surface area contributed by atoms with Gasteiger partial charge in [0.2, 0.25) is 0 Å². The van der Waals surface area contributed by atoms with Gasteiger partial charge in [-0.2, -0.15) is 0 Å². The fourth-order valence-electron chi connectivity index (χ4n) is 4.29. The van der Waals surface area contributed by atoms with Crippen molar-refractivity contribution < 1.29 is 4.74 Å². The van der Waals surface area contributed by atoms with E-state index in [0.717, 1.165) is 13.2 Å². The maximum absolute atomic E-state index is 6.34. The quantitative estimate of drug-likeness (QED) is 0.818. The van der Waals surface area contributed by atoms with Crippen molar-refractivity contribution in [3.05, 3.63) is 0 Å². The molecule has 0 radical (unpaired) electrons. The van der Waals surface area contributed by atoms with Gasteiger partial charge in [-0.25, -0.2) is 0 Å². The molecule has 0 spiro atoms. The summed E-state index contributed by atoms with van der Waals surface area (Å²) in [7, 11) is 0. The number of hydrogen-bond donors (Lipinski definition) is 1. The van der Waals surface area contributed by atoms with Gasteiger partial charge in [0.25, 0.3) is 0 Å². The minimum absolute atomic E-state index is 0.347. The van der Waals surface area contributed by atoms with E-state index in [0.29, 0.717) is 23.6 Å². The lowest BCUT2D eigenvalue weighted by molar-refractivity contribution is -0.0983. The number of nitrogens with zero attached hydrogens (tertiary/aromatic N) is 1. The first kappa shape index (κ1) is 12.9. The maximum atomic E-state index is 6.34. The van der Waals surface area contributed by atoms with Gasteiger partial charge >= 0.3 is 0 Å². The first-order valence-electron chi connectivity index (χ1n) is 7.80. The zero-order chi connectivity index (χ0) is 12.6. The number of morpholine rings is 1. The highest BCUT2D eigenvalue weighted by molar-refractivity contribution is 4.97. The smallest absolute Gasteiger partial charge is 0.0730 e. The number of nitrogens with two attached hydrogens (primary N) is 1. The van der Waals surface area contributed by atoms with Gasteiger partial charge in [-0.15, -0.1) is 0 Å². The fraction of sp³-hybridized carbons (Fsp3) is 1.00. The van der Waals surface area contributed by atoms with E-state index in [1.807, 2.05) is 0 Å². The molecule has 3 nitrogen and oxygen atoms in total. The molecule has 2 aliphatic carbocycles. The van der Waals surface area contributed by atoms with E-state index < -0.39 is 0 Å². The van der Waals surface area contributed by atoms with E-state index in [-0.39, 0.29) is 0 Å². The minimum Gasteiger partial charge on any atom is -0.375 e. The molecule has 0 aromatic heterocycles. The van der Waals surface area contributed by atoms with Crippen molar-refractivity contribution in [2.24, 2.45) is 11.1 Å². The van der Waals surface area contributed by atoms with E-state index in [1.165, 1.54) is 51.5 Å². The summed E-state index contributed by atoms with van der Waals surface area (Å²) in [5.41, 5.74) is 6.69. The molecule has 4 unspecified atom stereocenters. The van der Waals surface area contributed by atoms with Crippen molar-refractivity contribution in [3.63, 3.8) is 0 Å². The van der Waals surface area contributed by atoms with Crippen LogP contribution in [0.15, 0.2) is 0 Å². The van der Waals surface area contributed by atoms with Crippen LogP contribution < -0.4 is 5.73 Å². The predicted molar refractivity (Wildman–Crippen MR) is 73.5 cm³/mol. The number of ether oxygens (including phenoxy) is 1. The average Bonchev–Trinajstić information content (AvgIpc) is 2.70. The minimum atomic E-state index is 0.347. The zero-order valence-corrected chi connectivity index (χ0v) is 11.7. The van der Waals surface area contributed by atoms with Crippen LogP contribution in [0.1, 0.15) is 51.9 Å². The van der Waals surface area contributed by atoms with Gasteiger partial charge in [-0.1, -0.05) is 26.2 Å². The lowest BCUT2D eigenvalue weighted by atomic mass is 9.82. The molecule has 104 valence electrons. The molecule has 2 N–H and O–H groups in total. The molecule has 0 amide bonds. The van der Waals surface area contributed by atoms with Crippen molar-refractivity contribution in [3.8, 4) is 0 Å². The Balaban J connectivity index is 1.67. The van der Waals surface area contributed by atoms with Crippen LogP contribution in [0.2, 0.25) is 0 Å². The van der Waals surface area contributed by atoms with Gasteiger partial charge in [0.1, 0.15) is 0 Å². The second-order valence-electron chi connectivity index (χ2n) is 6.88. The van der Waals surface area contributed by atoms with Crippen LogP contribution in [0.3, 0.4) is 0 Å². The summed E-state index contributed by atoms with van der Waals surface area (Å²) in [5.74, 6) is 0. The lowest BCUT2D eigenvalue weighted by Crippen LogP contribution is -2.56. The monoisotopic (exact) mass is 252 g/mol. The van der Waals surface area contributed by atoms with Crippen LogP contribution in [0.4, 0.5) is 0 Å². The molecule has 0 aromatic rings. The number of fused-ring (bicyclic) bond motifs is 1. The molecular weight excluding hydrogens is 224 g/mol. The summed E-state index contributed by atoms with van der Waals surface area (Å²) in [6, 6.07) is 1.08. The van der Waals surface area contributed by atoms with E-state index in [2.05, 4.69) is 11.8 Å². The Hall–Kier alpha value is -0.120. The van der Waals surface area contributed by atoms with Crippen LogP contribution in [0.5, 0.6) is 0 Å². The predicted octanol–water partition coefficient (Wildman–Crippen LogP) is 2.15. The average molecular weight is 252 g/mol. The first-order valence-corrected chi connectivity index (χ1v) is 7.80. The Morgan fingerprint density at radius 3 is 2.83 bits per heavy atom. The second kappa shape index (κ2) is 5.10. The molecule has 3 heteroatoms. The molecule has 1 aliphatic heterocycles. The molecule has 0 bridgehead atoms. The molecule has 3 aliphatic rings.